The number of benzene rings is 2. The van der Waals surface area contributed by atoms with Crippen LogP contribution in [-0.2, 0) is 9.53 Å². The number of ether oxygens (including phenoxy) is 3. The van der Waals surface area contributed by atoms with Crippen molar-refractivity contribution in [3.8, 4) is 11.5 Å². The number of amides is 1. The third-order valence-electron chi connectivity index (χ3n) is 4.25. The van der Waals surface area contributed by atoms with Gasteiger partial charge in [-0.1, -0.05) is 12.1 Å². The van der Waals surface area contributed by atoms with Gasteiger partial charge in [0.2, 0.25) is 0 Å². The molecule has 6 heteroatoms. The molecular formula is C20H24N2O4. The molecule has 1 atom stereocenters. The standard InChI is InChI=1S/C20H24N2O4/c1-15(26-19-6-4-3-5-18(19)24-2)20(23)21-16-7-9-17(10-8-16)22-11-13-25-14-12-22/h3-10,15H,11-14H2,1-2H3,(H,21,23). The van der Waals surface area contributed by atoms with E-state index < -0.39 is 6.10 Å². The number of carbonyl (C=O) groups is 1. The van der Waals surface area contributed by atoms with Gasteiger partial charge in [0.25, 0.3) is 5.91 Å². The van der Waals surface area contributed by atoms with Gasteiger partial charge in [0.15, 0.2) is 17.6 Å². The van der Waals surface area contributed by atoms with E-state index in [1.54, 1.807) is 26.2 Å². The number of rotatable bonds is 6. The first-order chi connectivity index (χ1) is 12.7. The van der Waals surface area contributed by atoms with Crippen molar-refractivity contribution >= 4 is 17.3 Å². The van der Waals surface area contributed by atoms with Gasteiger partial charge in [-0.05, 0) is 43.3 Å². The maximum atomic E-state index is 12.4. The average Bonchev–Trinajstić information content (AvgIpc) is 2.69. The lowest BCUT2D eigenvalue weighted by atomic mass is 10.2. The number of morpholine rings is 1. The molecule has 138 valence electrons. The molecule has 3 rings (SSSR count). The van der Waals surface area contributed by atoms with Gasteiger partial charge in [-0.25, -0.2) is 0 Å². The summed E-state index contributed by atoms with van der Waals surface area (Å²) in [5, 5.41) is 2.88. The van der Waals surface area contributed by atoms with Crippen LogP contribution in [0.5, 0.6) is 11.5 Å². The van der Waals surface area contributed by atoms with Crippen LogP contribution in [0.4, 0.5) is 11.4 Å². The highest BCUT2D eigenvalue weighted by Gasteiger charge is 2.17. The molecule has 0 spiro atoms. The molecule has 26 heavy (non-hydrogen) atoms. The van der Waals surface area contributed by atoms with Crippen LogP contribution >= 0.6 is 0 Å². The zero-order valence-electron chi connectivity index (χ0n) is 15.1. The summed E-state index contributed by atoms with van der Waals surface area (Å²) in [5.41, 5.74) is 1.87. The second-order valence-electron chi connectivity index (χ2n) is 6.05. The Morgan fingerprint density at radius 2 is 1.73 bits per heavy atom. The predicted molar refractivity (Wildman–Crippen MR) is 101 cm³/mol. The smallest absolute Gasteiger partial charge is 0.265 e. The van der Waals surface area contributed by atoms with Crippen LogP contribution in [0, 0.1) is 0 Å². The Morgan fingerprint density at radius 3 is 2.38 bits per heavy atom. The van der Waals surface area contributed by atoms with E-state index in [0.717, 1.165) is 37.7 Å². The number of hydrogen-bond donors (Lipinski definition) is 1. The van der Waals surface area contributed by atoms with E-state index in [-0.39, 0.29) is 5.91 Å². The maximum Gasteiger partial charge on any atom is 0.265 e. The predicted octanol–water partition coefficient (Wildman–Crippen LogP) is 2.94. The van der Waals surface area contributed by atoms with Crippen molar-refractivity contribution < 1.29 is 19.0 Å². The molecular weight excluding hydrogens is 332 g/mol. The summed E-state index contributed by atoms with van der Waals surface area (Å²) in [7, 11) is 1.57. The Kier molecular flexibility index (Phi) is 5.96. The summed E-state index contributed by atoms with van der Waals surface area (Å²) in [5.74, 6) is 0.928. The molecule has 1 fully saturated rings. The molecule has 0 saturated carbocycles. The summed E-state index contributed by atoms with van der Waals surface area (Å²) in [6, 6.07) is 15.1. The van der Waals surface area contributed by atoms with Crippen LogP contribution in [-0.4, -0.2) is 45.4 Å². The van der Waals surface area contributed by atoms with E-state index >= 15 is 0 Å². The summed E-state index contributed by atoms with van der Waals surface area (Å²) in [6.07, 6.45) is -0.648. The van der Waals surface area contributed by atoms with Gasteiger partial charge in [-0.15, -0.1) is 0 Å². The SMILES string of the molecule is COc1ccccc1OC(C)C(=O)Nc1ccc(N2CCOCC2)cc1. The van der Waals surface area contributed by atoms with E-state index in [1.165, 1.54) is 0 Å². The average molecular weight is 356 g/mol. The molecule has 0 radical (unpaired) electrons. The molecule has 2 aromatic rings. The number of nitrogens with one attached hydrogen (secondary N) is 1. The van der Waals surface area contributed by atoms with Crippen molar-refractivity contribution in [2.24, 2.45) is 0 Å². The van der Waals surface area contributed by atoms with Crippen molar-refractivity contribution in [1.29, 1.82) is 0 Å². The van der Waals surface area contributed by atoms with Gasteiger partial charge < -0.3 is 24.4 Å². The van der Waals surface area contributed by atoms with Gasteiger partial charge >= 0.3 is 0 Å². The largest absolute Gasteiger partial charge is 0.493 e. The molecule has 1 N–H and O–H groups in total. The fraction of sp³-hybridized carbons (Fsp3) is 0.350. The number of methoxy groups -OCH3 is 1. The number of nitrogens with zero attached hydrogens (tertiary/aromatic N) is 1. The highest BCUT2D eigenvalue weighted by molar-refractivity contribution is 5.94. The second-order valence-corrected chi connectivity index (χ2v) is 6.05. The maximum absolute atomic E-state index is 12.4. The van der Waals surface area contributed by atoms with E-state index in [2.05, 4.69) is 10.2 Å². The van der Waals surface area contributed by atoms with Crippen LogP contribution in [0.15, 0.2) is 48.5 Å². The van der Waals surface area contributed by atoms with Crippen LogP contribution in [0.1, 0.15) is 6.92 Å². The molecule has 6 nitrogen and oxygen atoms in total. The summed E-state index contributed by atoms with van der Waals surface area (Å²) in [6.45, 7) is 4.97. The van der Waals surface area contributed by atoms with Crippen LogP contribution in [0.3, 0.4) is 0 Å². The zero-order valence-corrected chi connectivity index (χ0v) is 15.1. The molecule has 1 amide bonds. The van der Waals surface area contributed by atoms with Crippen LogP contribution in [0.25, 0.3) is 0 Å². The molecule has 1 heterocycles. The van der Waals surface area contributed by atoms with Crippen molar-refractivity contribution in [1.82, 2.24) is 0 Å². The van der Waals surface area contributed by atoms with Crippen molar-refractivity contribution in [3.63, 3.8) is 0 Å². The van der Waals surface area contributed by atoms with Crippen molar-refractivity contribution in [3.05, 3.63) is 48.5 Å². The van der Waals surface area contributed by atoms with E-state index in [4.69, 9.17) is 14.2 Å². The minimum Gasteiger partial charge on any atom is -0.493 e. The minimum absolute atomic E-state index is 0.213. The fourth-order valence-electron chi connectivity index (χ4n) is 2.78. The first kappa shape index (κ1) is 18.1. The third-order valence-corrected chi connectivity index (χ3v) is 4.25. The highest BCUT2D eigenvalue weighted by Crippen LogP contribution is 2.27. The Hall–Kier alpha value is -2.73. The summed E-state index contributed by atoms with van der Waals surface area (Å²) < 4.78 is 16.3. The number of hydrogen-bond acceptors (Lipinski definition) is 5. The fourth-order valence-corrected chi connectivity index (χ4v) is 2.78. The monoisotopic (exact) mass is 356 g/mol. The first-order valence-corrected chi connectivity index (χ1v) is 8.70. The molecule has 1 aliphatic rings. The molecule has 1 aliphatic heterocycles. The van der Waals surface area contributed by atoms with Gasteiger partial charge in [-0.3, -0.25) is 4.79 Å². The molecule has 1 saturated heterocycles. The lowest BCUT2D eigenvalue weighted by Gasteiger charge is -2.29. The van der Waals surface area contributed by atoms with E-state index in [9.17, 15) is 4.79 Å². The second kappa shape index (κ2) is 8.58. The Labute approximate surface area is 153 Å². The summed E-state index contributed by atoms with van der Waals surface area (Å²) in [4.78, 5) is 14.7. The normalized spacial score (nSPS) is 15.2. The zero-order chi connectivity index (χ0) is 18.4. The third kappa shape index (κ3) is 4.46. The van der Waals surface area contributed by atoms with E-state index in [0.29, 0.717) is 11.5 Å². The number of para-hydroxylation sites is 2. The van der Waals surface area contributed by atoms with Gasteiger partial charge in [0, 0.05) is 24.5 Å². The van der Waals surface area contributed by atoms with Crippen LogP contribution < -0.4 is 19.7 Å². The van der Waals surface area contributed by atoms with Gasteiger partial charge in [0.05, 0.1) is 20.3 Å². The number of carbonyl (C=O) groups excluding carboxylic acids is 1. The van der Waals surface area contributed by atoms with Gasteiger partial charge in [0.1, 0.15) is 0 Å². The lowest BCUT2D eigenvalue weighted by Crippen LogP contribution is -2.36. The van der Waals surface area contributed by atoms with Gasteiger partial charge in [-0.2, -0.15) is 0 Å². The molecule has 0 aliphatic carbocycles. The molecule has 1 unspecified atom stereocenters. The first-order valence-electron chi connectivity index (χ1n) is 8.70. The van der Waals surface area contributed by atoms with Crippen molar-refractivity contribution in [2.45, 2.75) is 13.0 Å². The Morgan fingerprint density at radius 1 is 1.08 bits per heavy atom. The highest BCUT2D eigenvalue weighted by atomic mass is 16.5. The van der Waals surface area contributed by atoms with E-state index in [1.807, 2.05) is 36.4 Å². The minimum atomic E-state index is -0.648. The quantitative estimate of drug-likeness (QED) is 0.862. The molecule has 0 bridgehead atoms. The summed E-state index contributed by atoms with van der Waals surface area (Å²) >= 11 is 0. The van der Waals surface area contributed by atoms with Crippen LogP contribution in [0.2, 0.25) is 0 Å². The molecule has 2 aromatic carbocycles. The Balaban J connectivity index is 1.58. The number of anilines is 2. The molecule has 0 aromatic heterocycles. The lowest BCUT2D eigenvalue weighted by molar-refractivity contribution is -0.122. The topological polar surface area (TPSA) is 60.0 Å². The van der Waals surface area contributed by atoms with Crippen molar-refractivity contribution in [2.75, 3.05) is 43.6 Å². The Bertz CT molecular complexity index is 727.